The molecule has 4 aromatic rings. The molecule has 2 fully saturated rings. The molecule has 1 saturated heterocycles. The Hall–Kier alpha value is -3.52. The summed E-state index contributed by atoms with van der Waals surface area (Å²) in [4.78, 5) is 32.3. The summed E-state index contributed by atoms with van der Waals surface area (Å²) in [5.74, 6) is 2.10. The second-order valence-corrected chi connectivity index (χ2v) is 9.38. The third-order valence-corrected chi connectivity index (χ3v) is 6.73. The van der Waals surface area contributed by atoms with Gasteiger partial charge in [0, 0.05) is 41.8 Å². The van der Waals surface area contributed by atoms with E-state index in [1.165, 1.54) is 32.1 Å². The van der Waals surface area contributed by atoms with Gasteiger partial charge in [0.2, 0.25) is 5.95 Å². The Morgan fingerprint density at radius 3 is 2.76 bits per heavy atom. The highest BCUT2D eigenvalue weighted by molar-refractivity contribution is 5.97. The molecule has 8 nitrogen and oxygen atoms in total. The van der Waals surface area contributed by atoms with Crippen LogP contribution in [0.4, 0.5) is 11.6 Å². The lowest BCUT2D eigenvalue weighted by Gasteiger charge is -2.26. The summed E-state index contributed by atoms with van der Waals surface area (Å²) < 4.78 is 0. The van der Waals surface area contributed by atoms with Crippen LogP contribution in [0.15, 0.2) is 42.6 Å². The van der Waals surface area contributed by atoms with Crippen LogP contribution in [0.5, 0.6) is 0 Å². The highest BCUT2D eigenvalue weighted by Gasteiger charge is 2.26. The molecule has 0 bridgehead atoms. The first-order valence-electron chi connectivity index (χ1n) is 12.3. The SMILES string of the molecule is O=C(NCCN1CCCCC1)c1ccc2cnc(Nc3ccc4nc(C5CC5)[nH]c4c3)nc2c1. The number of benzene rings is 2. The number of likely N-dealkylation sites (tertiary alicyclic amines) is 1. The average Bonchev–Trinajstić information content (AvgIpc) is 3.63. The van der Waals surface area contributed by atoms with Crippen LogP contribution in [0.3, 0.4) is 0 Å². The zero-order valence-electron chi connectivity index (χ0n) is 19.2. The van der Waals surface area contributed by atoms with Gasteiger partial charge in [-0.2, -0.15) is 0 Å². The number of carbonyl (C=O) groups is 1. The van der Waals surface area contributed by atoms with Crippen LogP contribution in [0.1, 0.15) is 54.2 Å². The van der Waals surface area contributed by atoms with Crippen molar-refractivity contribution in [2.24, 2.45) is 0 Å². The molecule has 8 heteroatoms. The quantitative estimate of drug-likeness (QED) is 0.383. The van der Waals surface area contributed by atoms with Gasteiger partial charge in [0.15, 0.2) is 0 Å². The number of fused-ring (bicyclic) bond motifs is 2. The van der Waals surface area contributed by atoms with Gasteiger partial charge >= 0.3 is 0 Å². The van der Waals surface area contributed by atoms with E-state index in [-0.39, 0.29) is 5.91 Å². The zero-order valence-corrected chi connectivity index (χ0v) is 19.2. The fourth-order valence-corrected chi connectivity index (χ4v) is 4.62. The van der Waals surface area contributed by atoms with Crippen molar-refractivity contribution in [3.8, 4) is 0 Å². The zero-order chi connectivity index (χ0) is 22.9. The van der Waals surface area contributed by atoms with E-state index in [1.54, 1.807) is 6.20 Å². The number of amides is 1. The number of H-pyrrole nitrogens is 1. The van der Waals surface area contributed by atoms with Crippen LogP contribution in [-0.4, -0.2) is 56.9 Å². The molecule has 1 saturated carbocycles. The summed E-state index contributed by atoms with van der Waals surface area (Å²) in [7, 11) is 0. The number of aromatic amines is 1. The summed E-state index contributed by atoms with van der Waals surface area (Å²) >= 11 is 0. The molecule has 3 heterocycles. The molecular formula is C26H29N7O. The van der Waals surface area contributed by atoms with E-state index in [9.17, 15) is 4.79 Å². The van der Waals surface area contributed by atoms with E-state index < -0.39 is 0 Å². The van der Waals surface area contributed by atoms with Crippen molar-refractivity contribution in [1.29, 1.82) is 0 Å². The van der Waals surface area contributed by atoms with Crippen LogP contribution >= 0.6 is 0 Å². The Labute approximate surface area is 198 Å². The fraction of sp³-hybridized carbons (Fsp3) is 0.385. The molecule has 0 radical (unpaired) electrons. The van der Waals surface area contributed by atoms with Gasteiger partial charge in [-0.1, -0.05) is 12.5 Å². The van der Waals surface area contributed by atoms with Crippen LogP contribution < -0.4 is 10.6 Å². The van der Waals surface area contributed by atoms with Crippen LogP contribution in [-0.2, 0) is 0 Å². The van der Waals surface area contributed by atoms with E-state index in [0.717, 1.165) is 53.1 Å². The highest BCUT2D eigenvalue weighted by atomic mass is 16.1. The molecule has 2 aromatic heterocycles. The number of nitrogens with one attached hydrogen (secondary N) is 3. The van der Waals surface area contributed by atoms with Gasteiger partial charge in [-0.25, -0.2) is 15.0 Å². The number of imidazole rings is 1. The minimum Gasteiger partial charge on any atom is -0.351 e. The minimum absolute atomic E-state index is 0.0665. The number of hydrogen-bond acceptors (Lipinski definition) is 6. The summed E-state index contributed by atoms with van der Waals surface area (Å²) in [6, 6.07) is 11.6. The Bertz CT molecular complexity index is 1340. The monoisotopic (exact) mass is 455 g/mol. The Kier molecular flexibility index (Phi) is 5.58. The molecule has 1 amide bonds. The third kappa shape index (κ3) is 4.59. The number of rotatable bonds is 7. The molecule has 1 aliphatic carbocycles. The Balaban J connectivity index is 1.14. The van der Waals surface area contributed by atoms with Crippen molar-refractivity contribution in [1.82, 2.24) is 30.2 Å². The van der Waals surface area contributed by atoms with Crippen LogP contribution in [0, 0.1) is 0 Å². The van der Waals surface area contributed by atoms with E-state index >= 15 is 0 Å². The van der Waals surface area contributed by atoms with Gasteiger partial charge in [-0.3, -0.25) is 4.79 Å². The van der Waals surface area contributed by atoms with E-state index in [0.29, 0.717) is 24.0 Å². The van der Waals surface area contributed by atoms with Gasteiger partial charge in [0.05, 0.1) is 16.6 Å². The molecule has 174 valence electrons. The molecule has 3 N–H and O–H groups in total. The lowest BCUT2D eigenvalue weighted by Crippen LogP contribution is -2.37. The molecule has 1 aliphatic heterocycles. The molecule has 6 rings (SSSR count). The third-order valence-electron chi connectivity index (χ3n) is 6.73. The maximum atomic E-state index is 12.7. The molecule has 0 unspecified atom stereocenters. The van der Waals surface area contributed by atoms with Crippen molar-refractivity contribution in [3.63, 3.8) is 0 Å². The molecular weight excluding hydrogens is 426 g/mol. The van der Waals surface area contributed by atoms with Gasteiger partial charge in [0.1, 0.15) is 5.82 Å². The first-order chi connectivity index (χ1) is 16.7. The fourth-order valence-electron chi connectivity index (χ4n) is 4.62. The number of piperidine rings is 1. The van der Waals surface area contributed by atoms with E-state index in [2.05, 4.69) is 35.5 Å². The van der Waals surface area contributed by atoms with Gasteiger partial charge in [0.25, 0.3) is 5.91 Å². The Morgan fingerprint density at radius 2 is 1.91 bits per heavy atom. The number of nitrogens with zero attached hydrogens (tertiary/aromatic N) is 4. The summed E-state index contributed by atoms with van der Waals surface area (Å²) in [5.41, 5.74) is 4.23. The summed E-state index contributed by atoms with van der Waals surface area (Å²) in [6.07, 6.45) is 8.04. The lowest BCUT2D eigenvalue weighted by atomic mass is 10.1. The second kappa shape index (κ2) is 9.02. The Morgan fingerprint density at radius 1 is 1.03 bits per heavy atom. The summed E-state index contributed by atoms with van der Waals surface area (Å²) in [6.45, 7) is 3.82. The molecule has 2 aliphatic rings. The summed E-state index contributed by atoms with van der Waals surface area (Å²) in [5, 5.41) is 7.23. The number of carbonyl (C=O) groups excluding carboxylic acids is 1. The molecule has 2 aromatic carbocycles. The van der Waals surface area contributed by atoms with Crippen molar-refractivity contribution >= 4 is 39.5 Å². The maximum Gasteiger partial charge on any atom is 0.251 e. The van der Waals surface area contributed by atoms with Crippen molar-refractivity contribution in [2.45, 2.75) is 38.0 Å². The highest BCUT2D eigenvalue weighted by Crippen LogP contribution is 2.39. The van der Waals surface area contributed by atoms with Crippen molar-refractivity contribution in [2.75, 3.05) is 31.5 Å². The smallest absolute Gasteiger partial charge is 0.251 e. The van der Waals surface area contributed by atoms with Crippen molar-refractivity contribution < 1.29 is 4.79 Å². The minimum atomic E-state index is -0.0665. The lowest BCUT2D eigenvalue weighted by molar-refractivity contribution is 0.0946. The molecule has 34 heavy (non-hydrogen) atoms. The van der Waals surface area contributed by atoms with Gasteiger partial charge in [-0.15, -0.1) is 0 Å². The van der Waals surface area contributed by atoms with Crippen LogP contribution in [0.2, 0.25) is 0 Å². The predicted molar refractivity (Wildman–Crippen MR) is 134 cm³/mol. The molecule has 0 atom stereocenters. The largest absolute Gasteiger partial charge is 0.351 e. The number of anilines is 2. The maximum absolute atomic E-state index is 12.7. The van der Waals surface area contributed by atoms with Crippen LogP contribution in [0.25, 0.3) is 21.9 Å². The first-order valence-corrected chi connectivity index (χ1v) is 12.3. The number of aromatic nitrogens is 4. The van der Waals surface area contributed by atoms with Crippen molar-refractivity contribution in [3.05, 3.63) is 54.0 Å². The van der Waals surface area contributed by atoms with Gasteiger partial charge < -0.3 is 20.5 Å². The first kappa shape index (κ1) is 21.0. The number of hydrogen-bond donors (Lipinski definition) is 3. The topological polar surface area (TPSA) is 98.8 Å². The standard InChI is InChI=1S/C26H29N7O/c34-25(27-10-13-33-11-2-1-3-12-33)18-6-7-19-16-28-26(32-22(19)14-18)29-20-8-9-21-23(15-20)31-24(30-21)17-4-5-17/h6-9,14-17H,1-5,10-13H2,(H,27,34)(H,30,31)(H,28,29,32). The normalized spacial score (nSPS) is 16.7. The predicted octanol–water partition coefficient (Wildman–Crippen LogP) is 4.34. The van der Waals surface area contributed by atoms with E-state index in [4.69, 9.17) is 0 Å². The van der Waals surface area contributed by atoms with E-state index in [1.807, 2.05) is 36.4 Å². The molecule has 0 spiro atoms. The second-order valence-electron chi connectivity index (χ2n) is 9.38. The average molecular weight is 456 g/mol. The van der Waals surface area contributed by atoms with Gasteiger partial charge in [-0.05, 0) is 69.1 Å².